The summed E-state index contributed by atoms with van der Waals surface area (Å²) in [5, 5.41) is 2.88. The lowest BCUT2D eigenvalue weighted by Gasteiger charge is -2.23. The van der Waals surface area contributed by atoms with Crippen molar-refractivity contribution in [2.45, 2.75) is 45.4 Å². The number of rotatable bonds is 8. The molecule has 2 aromatic carbocycles. The first kappa shape index (κ1) is 19.5. The lowest BCUT2D eigenvalue weighted by molar-refractivity contribution is -0.116. The van der Waals surface area contributed by atoms with Crippen LogP contribution in [0.25, 0.3) is 0 Å². The lowest BCUT2D eigenvalue weighted by Crippen LogP contribution is -2.15. The van der Waals surface area contributed by atoms with Gasteiger partial charge in [0, 0.05) is 16.6 Å². The highest BCUT2D eigenvalue weighted by Gasteiger charge is 2.17. The van der Waals surface area contributed by atoms with Gasteiger partial charge in [-0.05, 0) is 60.2 Å². The summed E-state index contributed by atoms with van der Waals surface area (Å²) in [7, 11) is 0. The van der Waals surface area contributed by atoms with Crippen LogP contribution >= 0.6 is 15.9 Å². The highest BCUT2D eigenvalue weighted by molar-refractivity contribution is 9.10. The van der Waals surface area contributed by atoms with Gasteiger partial charge >= 0.3 is 0 Å². The molecular formula is C21H26BrNO2. The second kappa shape index (κ2) is 9.04. The molecule has 3 nitrogen and oxygen atoms in total. The van der Waals surface area contributed by atoms with E-state index in [2.05, 4.69) is 54.2 Å². The first-order valence-electron chi connectivity index (χ1n) is 8.69. The van der Waals surface area contributed by atoms with Crippen molar-refractivity contribution in [1.82, 2.24) is 0 Å². The Morgan fingerprint density at radius 1 is 1.08 bits per heavy atom. The Morgan fingerprint density at radius 2 is 1.72 bits per heavy atom. The van der Waals surface area contributed by atoms with Gasteiger partial charge < -0.3 is 10.1 Å². The fourth-order valence-electron chi connectivity index (χ4n) is 2.39. The minimum absolute atomic E-state index is 0.00552. The molecule has 1 N–H and O–H groups in total. The smallest absolute Gasteiger partial charge is 0.224 e. The molecule has 0 aliphatic rings. The first-order valence-corrected chi connectivity index (χ1v) is 9.49. The van der Waals surface area contributed by atoms with Crippen molar-refractivity contribution < 1.29 is 9.53 Å². The number of halogens is 1. The number of carbonyl (C=O) groups excluding carboxylic acids is 1. The molecule has 0 atom stereocenters. The van der Waals surface area contributed by atoms with E-state index in [9.17, 15) is 4.79 Å². The zero-order valence-corrected chi connectivity index (χ0v) is 16.7. The van der Waals surface area contributed by atoms with Gasteiger partial charge in [0.15, 0.2) is 0 Å². The van der Waals surface area contributed by atoms with Crippen LogP contribution in [0.15, 0.2) is 53.0 Å². The Labute approximate surface area is 158 Å². The topological polar surface area (TPSA) is 38.3 Å². The summed E-state index contributed by atoms with van der Waals surface area (Å²) in [6.45, 7) is 7.22. The highest BCUT2D eigenvalue weighted by Crippen LogP contribution is 2.28. The quantitative estimate of drug-likeness (QED) is 0.554. The van der Waals surface area contributed by atoms with E-state index in [4.69, 9.17) is 4.74 Å². The van der Waals surface area contributed by atoms with E-state index in [0.29, 0.717) is 19.4 Å². The summed E-state index contributed by atoms with van der Waals surface area (Å²) in [6.07, 6.45) is 2.22. The van der Waals surface area contributed by atoms with Gasteiger partial charge in [-0.25, -0.2) is 0 Å². The van der Waals surface area contributed by atoms with Crippen molar-refractivity contribution in [2.24, 2.45) is 0 Å². The molecule has 2 aromatic rings. The van der Waals surface area contributed by atoms with E-state index < -0.39 is 0 Å². The van der Waals surface area contributed by atoms with Crippen molar-refractivity contribution in [3.8, 4) is 5.75 Å². The molecule has 4 heteroatoms. The van der Waals surface area contributed by atoms with Crippen LogP contribution in [0.4, 0.5) is 5.69 Å². The molecular weight excluding hydrogens is 378 g/mol. The zero-order valence-electron chi connectivity index (χ0n) is 15.1. The summed E-state index contributed by atoms with van der Waals surface area (Å²) < 4.78 is 6.73. The van der Waals surface area contributed by atoms with Gasteiger partial charge in [0.1, 0.15) is 5.75 Å². The van der Waals surface area contributed by atoms with E-state index in [0.717, 1.165) is 22.3 Å². The molecule has 0 bridgehead atoms. The number of benzene rings is 2. The molecule has 0 spiro atoms. The fourth-order valence-corrected chi connectivity index (χ4v) is 2.65. The molecule has 0 aromatic heterocycles. The fraction of sp³-hybridized carbons (Fsp3) is 0.381. The summed E-state index contributed by atoms with van der Waals surface area (Å²) in [5.74, 6) is 0.856. The van der Waals surface area contributed by atoms with Crippen molar-refractivity contribution in [1.29, 1.82) is 0 Å². The summed E-state index contributed by atoms with van der Waals surface area (Å²) in [4.78, 5) is 11.9. The van der Waals surface area contributed by atoms with Crippen LogP contribution in [-0.2, 0) is 10.2 Å². The van der Waals surface area contributed by atoms with E-state index in [1.54, 1.807) is 0 Å². The SMILES string of the molecule is CCC(C)(C)c1ccc(OCCCC(=O)Nc2ccc(Br)cc2)cc1. The number of ether oxygens (including phenoxy) is 1. The minimum atomic E-state index is 0.00552. The molecule has 0 heterocycles. The molecule has 25 heavy (non-hydrogen) atoms. The Balaban J connectivity index is 1.72. The van der Waals surface area contributed by atoms with Crippen molar-refractivity contribution in [2.75, 3.05) is 11.9 Å². The largest absolute Gasteiger partial charge is 0.494 e. The molecule has 0 radical (unpaired) electrons. The van der Waals surface area contributed by atoms with E-state index in [1.165, 1.54) is 5.56 Å². The molecule has 0 saturated carbocycles. The average Bonchev–Trinajstić information content (AvgIpc) is 2.61. The van der Waals surface area contributed by atoms with Crippen molar-refractivity contribution >= 4 is 27.5 Å². The molecule has 0 aliphatic carbocycles. The van der Waals surface area contributed by atoms with Gasteiger partial charge in [0.05, 0.1) is 6.61 Å². The third kappa shape index (κ3) is 6.20. The first-order chi connectivity index (χ1) is 11.9. The molecule has 1 amide bonds. The second-order valence-corrected chi connectivity index (χ2v) is 7.68. The maximum absolute atomic E-state index is 11.9. The number of anilines is 1. The van der Waals surface area contributed by atoms with Crippen LogP contribution in [0.3, 0.4) is 0 Å². The lowest BCUT2D eigenvalue weighted by atomic mass is 9.82. The molecule has 0 unspecified atom stereocenters. The van der Waals surface area contributed by atoms with Crippen LogP contribution < -0.4 is 10.1 Å². The maximum atomic E-state index is 11.9. The zero-order chi connectivity index (χ0) is 18.3. The van der Waals surface area contributed by atoms with Gasteiger partial charge in [-0.2, -0.15) is 0 Å². The monoisotopic (exact) mass is 403 g/mol. The average molecular weight is 404 g/mol. The predicted octanol–water partition coefficient (Wildman–Crippen LogP) is 5.93. The molecule has 2 rings (SSSR count). The van der Waals surface area contributed by atoms with Gasteiger partial charge in [-0.3, -0.25) is 4.79 Å². The van der Waals surface area contributed by atoms with Gasteiger partial charge in [-0.15, -0.1) is 0 Å². The number of hydrogen-bond donors (Lipinski definition) is 1. The van der Waals surface area contributed by atoms with E-state index in [1.807, 2.05) is 36.4 Å². The third-order valence-corrected chi connectivity index (χ3v) is 4.99. The van der Waals surface area contributed by atoms with Crippen molar-refractivity contribution in [3.63, 3.8) is 0 Å². The second-order valence-electron chi connectivity index (χ2n) is 6.77. The van der Waals surface area contributed by atoms with Crippen molar-refractivity contribution in [3.05, 3.63) is 58.6 Å². The van der Waals surface area contributed by atoms with Crippen LogP contribution in [0.2, 0.25) is 0 Å². The normalized spacial score (nSPS) is 11.2. The van der Waals surface area contributed by atoms with Gasteiger partial charge in [-0.1, -0.05) is 48.8 Å². The standard InChI is InChI=1S/C21H26BrNO2/c1-4-21(2,3)16-7-13-19(14-8-16)25-15-5-6-20(24)23-18-11-9-17(22)10-12-18/h7-14H,4-6,15H2,1-3H3,(H,23,24). The summed E-state index contributed by atoms with van der Waals surface area (Å²) in [6, 6.07) is 15.8. The molecule has 0 aliphatic heterocycles. The van der Waals surface area contributed by atoms with E-state index >= 15 is 0 Å². The van der Waals surface area contributed by atoms with Gasteiger partial charge in [0.25, 0.3) is 0 Å². The van der Waals surface area contributed by atoms with E-state index in [-0.39, 0.29) is 11.3 Å². The summed E-state index contributed by atoms with van der Waals surface area (Å²) >= 11 is 3.38. The summed E-state index contributed by atoms with van der Waals surface area (Å²) in [5.41, 5.74) is 2.31. The molecule has 134 valence electrons. The Kier molecular flexibility index (Phi) is 7.06. The number of nitrogens with one attached hydrogen (secondary N) is 1. The Morgan fingerprint density at radius 3 is 2.32 bits per heavy atom. The Hall–Kier alpha value is -1.81. The van der Waals surface area contributed by atoms with Crippen LogP contribution in [0.5, 0.6) is 5.75 Å². The molecule has 0 fully saturated rings. The molecule has 0 saturated heterocycles. The van der Waals surface area contributed by atoms with Crippen LogP contribution in [0, 0.1) is 0 Å². The van der Waals surface area contributed by atoms with Crippen LogP contribution in [-0.4, -0.2) is 12.5 Å². The minimum Gasteiger partial charge on any atom is -0.494 e. The van der Waals surface area contributed by atoms with Crippen LogP contribution in [0.1, 0.15) is 45.6 Å². The highest BCUT2D eigenvalue weighted by atomic mass is 79.9. The maximum Gasteiger partial charge on any atom is 0.224 e. The van der Waals surface area contributed by atoms with Gasteiger partial charge in [0.2, 0.25) is 5.91 Å². The number of carbonyl (C=O) groups is 1. The predicted molar refractivity (Wildman–Crippen MR) is 107 cm³/mol. The third-order valence-electron chi connectivity index (χ3n) is 4.46. The Bertz CT molecular complexity index is 678. The number of amides is 1. The number of hydrogen-bond acceptors (Lipinski definition) is 2.